The molecule has 3 rings (SSSR count). The Labute approximate surface area is 247 Å². The lowest BCUT2D eigenvalue weighted by molar-refractivity contribution is -0.141. The summed E-state index contributed by atoms with van der Waals surface area (Å²) in [5.74, 6) is -0.858. The van der Waals surface area contributed by atoms with Crippen LogP contribution in [0.5, 0.6) is 0 Å². The predicted molar refractivity (Wildman–Crippen MR) is 161 cm³/mol. The number of anilines is 1. The molecule has 10 heteroatoms. The zero-order valence-electron chi connectivity index (χ0n) is 23.3. The van der Waals surface area contributed by atoms with Crippen molar-refractivity contribution in [1.82, 2.24) is 10.2 Å². The molecule has 0 fully saturated rings. The van der Waals surface area contributed by atoms with Crippen LogP contribution in [0.4, 0.5) is 5.69 Å². The molecular formula is C30H35Cl2N3O4S. The average molecular weight is 605 g/mol. The van der Waals surface area contributed by atoms with Crippen LogP contribution in [0.1, 0.15) is 45.2 Å². The molecular weight excluding hydrogens is 569 g/mol. The Morgan fingerprint density at radius 1 is 0.925 bits per heavy atom. The largest absolute Gasteiger partial charge is 0.350 e. The van der Waals surface area contributed by atoms with E-state index in [1.807, 2.05) is 65.0 Å². The van der Waals surface area contributed by atoms with Crippen LogP contribution in [-0.4, -0.2) is 43.3 Å². The molecule has 0 saturated heterocycles. The summed E-state index contributed by atoms with van der Waals surface area (Å²) in [5.41, 5.74) is 1.35. The molecule has 0 aliphatic carbocycles. The molecule has 40 heavy (non-hydrogen) atoms. The number of rotatable bonds is 10. The number of carbonyl (C=O) groups is 2. The first-order valence-corrected chi connectivity index (χ1v) is 15.1. The van der Waals surface area contributed by atoms with Crippen LogP contribution in [0, 0.1) is 6.92 Å². The Kier molecular flexibility index (Phi) is 10.3. The number of benzene rings is 3. The van der Waals surface area contributed by atoms with Gasteiger partial charge in [0.15, 0.2) is 0 Å². The molecule has 1 unspecified atom stereocenters. The fourth-order valence-corrected chi connectivity index (χ4v) is 5.86. The molecule has 3 aromatic carbocycles. The molecule has 0 spiro atoms. The maximum Gasteiger partial charge on any atom is 0.264 e. The predicted octanol–water partition coefficient (Wildman–Crippen LogP) is 6.22. The van der Waals surface area contributed by atoms with Crippen molar-refractivity contribution in [3.8, 4) is 0 Å². The van der Waals surface area contributed by atoms with Crippen LogP contribution < -0.4 is 9.62 Å². The lowest BCUT2D eigenvalue weighted by Crippen LogP contribution is -2.55. The van der Waals surface area contributed by atoms with Crippen molar-refractivity contribution in [1.29, 1.82) is 0 Å². The number of nitrogens with one attached hydrogen (secondary N) is 1. The lowest BCUT2D eigenvalue weighted by Gasteiger charge is -2.34. The zero-order chi connectivity index (χ0) is 29.7. The molecule has 3 aromatic rings. The van der Waals surface area contributed by atoms with Crippen LogP contribution in [-0.2, 0) is 26.2 Å². The quantitative estimate of drug-likeness (QED) is 0.298. The van der Waals surface area contributed by atoms with Crippen LogP contribution in [0.3, 0.4) is 0 Å². The Balaban J connectivity index is 2.08. The first-order chi connectivity index (χ1) is 18.7. The van der Waals surface area contributed by atoms with E-state index in [1.54, 1.807) is 12.1 Å². The third-order valence-corrected chi connectivity index (χ3v) is 8.69. The van der Waals surface area contributed by atoms with Crippen molar-refractivity contribution in [2.24, 2.45) is 0 Å². The van der Waals surface area contributed by atoms with E-state index in [2.05, 4.69) is 5.32 Å². The van der Waals surface area contributed by atoms with Gasteiger partial charge in [-0.2, -0.15) is 0 Å². The maximum atomic E-state index is 14.1. The summed E-state index contributed by atoms with van der Waals surface area (Å²) in [6.45, 7) is 8.82. The molecule has 0 aliphatic heterocycles. The molecule has 0 aromatic heterocycles. The molecule has 1 N–H and O–H groups in total. The summed E-state index contributed by atoms with van der Waals surface area (Å²) in [7, 11) is -4.20. The van der Waals surface area contributed by atoms with E-state index in [4.69, 9.17) is 23.2 Å². The highest BCUT2D eigenvalue weighted by molar-refractivity contribution is 7.92. The van der Waals surface area contributed by atoms with E-state index in [0.29, 0.717) is 6.42 Å². The van der Waals surface area contributed by atoms with Gasteiger partial charge < -0.3 is 10.2 Å². The first-order valence-electron chi connectivity index (χ1n) is 12.9. The zero-order valence-corrected chi connectivity index (χ0v) is 25.6. The number of aryl methyl sites for hydroxylation is 1. The monoisotopic (exact) mass is 603 g/mol. The summed E-state index contributed by atoms with van der Waals surface area (Å²) in [4.78, 5) is 28.9. The Morgan fingerprint density at radius 3 is 2.10 bits per heavy atom. The van der Waals surface area contributed by atoms with Crippen LogP contribution in [0.15, 0.2) is 77.7 Å². The molecule has 0 aliphatic rings. The van der Waals surface area contributed by atoms with E-state index >= 15 is 0 Å². The minimum Gasteiger partial charge on any atom is -0.350 e. The third kappa shape index (κ3) is 7.99. The Hall–Kier alpha value is -3.07. The first kappa shape index (κ1) is 31.5. The van der Waals surface area contributed by atoms with Gasteiger partial charge in [0.2, 0.25) is 11.8 Å². The Morgan fingerprint density at radius 2 is 1.55 bits per heavy atom. The van der Waals surface area contributed by atoms with Crippen molar-refractivity contribution in [3.63, 3.8) is 0 Å². The van der Waals surface area contributed by atoms with Crippen molar-refractivity contribution in [3.05, 3.63) is 94.0 Å². The van der Waals surface area contributed by atoms with Gasteiger partial charge in [-0.15, -0.1) is 0 Å². The van der Waals surface area contributed by atoms with E-state index < -0.39 is 34.1 Å². The second kappa shape index (κ2) is 13.1. The normalized spacial score (nSPS) is 12.5. The van der Waals surface area contributed by atoms with Gasteiger partial charge in [-0.1, -0.05) is 78.2 Å². The SMILES string of the molecule is CCC(C(=O)NC(C)(C)C)N(Cc1ccccc1)C(=O)CN(c1ccc(Cl)c(Cl)c1)S(=O)(=O)c1ccc(C)cc1. The highest BCUT2D eigenvalue weighted by Gasteiger charge is 2.34. The van der Waals surface area contributed by atoms with E-state index in [-0.39, 0.29) is 33.1 Å². The van der Waals surface area contributed by atoms with E-state index in [1.165, 1.54) is 35.2 Å². The standard InChI is InChI=1S/C30H35Cl2N3O4S/c1-6-27(29(37)33-30(3,4)5)34(19-22-10-8-7-9-11-22)28(36)20-35(23-14-17-25(31)26(32)18-23)40(38,39)24-15-12-21(2)13-16-24/h7-18,27H,6,19-20H2,1-5H3,(H,33,37). The van der Waals surface area contributed by atoms with Gasteiger partial charge in [0.1, 0.15) is 12.6 Å². The highest BCUT2D eigenvalue weighted by Crippen LogP contribution is 2.31. The van der Waals surface area contributed by atoms with Crippen molar-refractivity contribution < 1.29 is 18.0 Å². The third-order valence-electron chi connectivity index (χ3n) is 6.16. The molecule has 1 atom stereocenters. The van der Waals surface area contributed by atoms with Crippen molar-refractivity contribution >= 4 is 50.7 Å². The topological polar surface area (TPSA) is 86.8 Å². The fourth-order valence-electron chi connectivity index (χ4n) is 4.16. The van der Waals surface area contributed by atoms with Crippen molar-refractivity contribution in [2.45, 2.75) is 64.1 Å². The summed E-state index contributed by atoms with van der Waals surface area (Å²) in [6, 6.07) is 19.2. The number of carbonyl (C=O) groups excluding carboxylic acids is 2. The second-order valence-corrected chi connectivity index (χ2v) is 13.3. The van der Waals surface area contributed by atoms with Gasteiger partial charge >= 0.3 is 0 Å². The molecule has 0 radical (unpaired) electrons. The van der Waals surface area contributed by atoms with E-state index in [0.717, 1.165) is 15.4 Å². The van der Waals surface area contributed by atoms with Gasteiger partial charge in [-0.25, -0.2) is 8.42 Å². The summed E-state index contributed by atoms with van der Waals surface area (Å²) in [6.07, 6.45) is 0.331. The van der Waals surface area contributed by atoms with Crippen LogP contribution in [0.2, 0.25) is 10.0 Å². The number of hydrogen-bond donors (Lipinski definition) is 1. The maximum absolute atomic E-state index is 14.1. The molecule has 0 bridgehead atoms. The fraction of sp³-hybridized carbons (Fsp3) is 0.333. The molecule has 2 amide bonds. The average Bonchev–Trinajstić information content (AvgIpc) is 2.88. The van der Waals surface area contributed by atoms with E-state index in [9.17, 15) is 18.0 Å². The summed E-state index contributed by atoms with van der Waals surface area (Å²) >= 11 is 12.4. The number of hydrogen-bond acceptors (Lipinski definition) is 4. The number of halogens is 2. The number of sulfonamides is 1. The van der Waals surface area contributed by atoms with Gasteiger partial charge in [0.05, 0.1) is 20.6 Å². The van der Waals surface area contributed by atoms with Gasteiger partial charge in [-0.3, -0.25) is 13.9 Å². The minimum atomic E-state index is -4.20. The smallest absolute Gasteiger partial charge is 0.264 e. The minimum absolute atomic E-state index is 0.0177. The molecule has 0 heterocycles. The highest BCUT2D eigenvalue weighted by atomic mass is 35.5. The lowest BCUT2D eigenvalue weighted by atomic mass is 10.1. The van der Waals surface area contributed by atoms with Gasteiger partial charge in [0.25, 0.3) is 10.0 Å². The number of nitrogens with zero attached hydrogens (tertiary/aromatic N) is 2. The van der Waals surface area contributed by atoms with Crippen molar-refractivity contribution in [2.75, 3.05) is 10.8 Å². The molecule has 214 valence electrons. The molecule has 7 nitrogen and oxygen atoms in total. The number of amides is 2. The summed E-state index contributed by atoms with van der Waals surface area (Å²) in [5, 5.41) is 3.35. The second-order valence-electron chi connectivity index (χ2n) is 10.6. The Bertz CT molecular complexity index is 1440. The van der Waals surface area contributed by atoms with Crippen LogP contribution >= 0.6 is 23.2 Å². The van der Waals surface area contributed by atoms with Crippen LogP contribution in [0.25, 0.3) is 0 Å². The van der Waals surface area contributed by atoms with Gasteiger partial charge in [0, 0.05) is 12.1 Å². The summed E-state index contributed by atoms with van der Waals surface area (Å²) < 4.78 is 28.8. The van der Waals surface area contributed by atoms with Gasteiger partial charge in [-0.05, 0) is 70.0 Å². The molecule has 0 saturated carbocycles.